The summed E-state index contributed by atoms with van der Waals surface area (Å²) in [6.07, 6.45) is 1.49. The van der Waals surface area contributed by atoms with Gasteiger partial charge in [-0.1, -0.05) is 11.8 Å². The fraction of sp³-hybridized carbons (Fsp3) is 0.750. The topological polar surface area (TPSA) is 54.4 Å². The van der Waals surface area contributed by atoms with Crippen molar-refractivity contribution in [1.82, 2.24) is 0 Å². The van der Waals surface area contributed by atoms with Crippen LogP contribution in [0.2, 0.25) is 0 Å². The molecule has 0 heterocycles. The maximum atomic E-state index is 10.6. The fourth-order valence-corrected chi connectivity index (χ4v) is 2.05. The van der Waals surface area contributed by atoms with Gasteiger partial charge in [-0.3, -0.25) is 9.59 Å². The van der Waals surface area contributed by atoms with Crippen LogP contribution in [0, 0.1) is 11.8 Å². The summed E-state index contributed by atoms with van der Waals surface area (Å²) in [6.45, 7) is 1.54. The second-order valence-electron chi connectivity index (χ2n) is 3.18. The normalized spacial score (nSPS) is 27.8. The summed E-state index contributed by atoms with van der Waals surface area (Å²) in [5.74, 6) is 0.390. The van der Waals surface area contributed by atoms with E-state index in [1.54, 1.807) is 0 Å². The molecule has 3 nitrogen and oxygen atoms in total. The van der Waals surface area contributed by atoms with Crippen molar-refractivity contribution in [3.05, 3.63) is 0 Å². The lowest BCUT2D eigenvalue weighted by Gasteiger charge is -2.31. The number of carboxylic acid groups (broad SMARTS) is 1. The predicted octanol–water partition coefficient (Wildman–Crippen LogP) is 1.38. The molecule has 68 valence electrons. The zero-order valence-electron chi connectivity index (χ0n) is 6.95. The quantitative estimate of drug-likeness (QED) is 0.727. The minimum Gasteiger partial charge on any atom is -0.481 e. The Bertz CT molecular complexity index is 194. The second-order valence-corrected chi connectivity index (χ2v) is 4.37. The van der Waals surface area contributed by atoms with Crippen LogP contribution in [0.5, 0.6) is 0 Å². The van der Waals surface area contributed by atoms with E-state index in [2.05, 4.69) is 0 Å². The molecule has 1 rings (SSSR count). The van der Waals surface area contributed by atoms with Crippen molar-refractivity contribution >= 4 is 22.8 Å². The number of carboxylic acids is 1. The van der Waals surface area contributed by atoms with Gasteiger partial charge in [-0.05, 0) is 18.8 Å². The molecular weight excluding hydrogens is 176 g/mol. The van der Waals surface area contributed by atoms with Crippen LogP contribution >= 0.6 is 11.8 Å². The minimum atomic E-state index is -0.695. The standard InChI is InChI=1S/C8H12O3S/c1-5(9)12-4-6-2-7(3-6)8(10)11/h6-7H,2-4H2,1H3,(H,10,11). The SMILES string of the molecule is CC(=O)SCC1CC(C(=O)O)C1. The molecule has 1 N–H and O–H groups in total. The third-order valence-corrected chi connectivity index (χ3v) is 3.15. The van der Waals surface area contributed by atoms with Gasteiger partial charge in [0.25, 0.3) is 0 Å². The van der Waals surface area contributed by atoms with Gasteiger partial charge in [0.2, 0.25) is 0 Å². The van der Waals surface area contributed by atoms with Gasteiger partial charge in [0.05, 0.1) is 5.92 Å². The molecule has 0 aromatic carbocycles. The van der Waals surface area contributed by atoms with Crippen molar-refractivity contribution in [2.75, 3.05) is 5.75 Å². The third-order valence-electron chi connectivity index (χ3n) is 2.11. The van der Waals surface area contributed by atoms with Gasteiger partial charge in [0.1, 0.15) is 0 Å². The Labute approximate surface area is 75.5 Å². The first-order valence-electron chi connectivity index (χ1n) is 3.95. The van der Waals surface area contributed by atoms with Crippen LogP contribution in [0.1, 0.15) is 19.8 Å². The molecule has 0 unspecified atom stereocenters. The number of hydrogen-bond acceptors (Lipinski definition) is 3. The zero-order chi connectivity index (χ0) is 9.14. The Balaban J connectivity index is 2.10. The van der Waals surface area contributed by atoms with Gasteiger partial charge in [-0.25, -0.2) is 0 Å². The first kappa shape index (κ1) is 9.58. The summed E-state index contributed by atoms with van der Waals surface area (Å²) in [5, 5.41) is 8.67. The first-order valence-corrected chi connectivity index (χ1v) is 4.94. The molecule has 0 spiro atoms. The molecule has 4 heteroatoms. The average molecular weight is 188 g/mol. The Kier molecular flexibility index (Phi) is 3.14. The van der Waals surface area contributed by atoms with Gasteiger partial charge < -0.3 is 5.11 Å². The molecular formula is C8H12O3S. The highest BCUT2D eigenvalue weighted by atomic mass is 32.2. The lowest BCUT2D eigenvalue weighted by molar-refractivity contribution is -0.145. The average Bonchev–Trinajstić information content (AvgIpc) is 1.82. The molecule has 1 aliphatic carbocycles. The van der Waals surface area contributed by atoms with Gasteiger partial charge in [-0.15, -0.1) is 0 Å². The van der Waals surface area contributed by atoms with Gasteiger partial charge >= 0.3 is 5.97 Å². The van der Waals surface area contributed by atoms with Crippen molar-refractivity contribution < 1.29 is 14.7 Å². The van der Waals surface area contributed by atoms with Crippen LogP contribution in [-0.2, 0) is 9.59 Å². The van der Waals surface area contributed by atoms with Gasteiger partial charge in [-0.2, -0.15) is 0 Å². The molecule has 1 aliphatic rings. The molecule has 1 saturated carbocycles. The molecule has 0 saturated heterocycles. The van der Waals surface area contributed by atoms with Crippen molar-refractivity contribution in [1.29, 1.82) is 0 Å². The summed E-state index contributed by atoms with van der Waals surface area (Å²) in [5.41, 5.74) is 0. The van der Waals surface area contributed by atoms with Crippen LogP contribution in [0.4, 0.5) is 0 Å². The Morgan fingerprint density at radius 1 is 1.50 bits per heavy atom. The number of thioether (sulfide) groups is 1. The maximum absolute atomic E-state index is 10.6. The van der Waals surface area contributed by atoms with Crippen molar-refractivity contribution in [2.45, 2.75) is 19.8 Å². The number of carbonyl (C=O) groups is 2. The lowest BCUT2D eigenvalue weighted by atomic mass is 9.76. The van der Waals surface area contributed by atoms with Crippen LogP contribution in [0.3, 0.4) is 0 Å². The van der Waals surface area contributed by atoms with E-state index in [0.717, 1.165) is 18.6 Å². The monoisotopic (exact) mass is 188 g/mol. The molecule has 0 bridgehead atoms. The Hall–Kier alpha value is -0.510. The number of carbonyl (C=O) groups excluding carboxylic acids is 1. The molecule has 0 aliphatic heterocycles. The minimum absolute atomic E-state index is 0.119. The summed E-state index contributed by atoms with van der Waals surface area (Å²) in [4.78, 5) is 20.9. The van der Waals surface area contributed by atoms with Gasteiger partial charge in [0, 0.05) is 12.7 Å². The molecule has 0 radical (unpaired) electrons. The van der Waals surface area contributed by atoms with Crippen LogP contribution < -0.4 is 0 Å². The predicted molar refractivity (Wildman–Crippen MR) is 47.0 cm³/mol. The molecule has 0 atom stereocenters. The Morgan fingerprint density at radius 2 is 2.08 bits per heavy atom. The van der Waals surface area contributed by atoms with Crippen LogP contribution in [0.25, 0.3) is 0 Å². The second kappa shape index (κ2) is 3.94. The van der Waals surface area contributed by atoms with Crippen molar-refractivity contribution in [3.8, 4) is 0 Å². The molecule has 12 heavy (non-hydrogen) atoms. The number of hydrogen-bond donors (Lipinski definition) is 1. The summed E-state index contributed by atoms with van der Waals surface area (Å²) in [7, 11) is 0. The molecule has 0 aromatic rings. The van der Waals surface area contributed by atoms with E-state index in [-0.39, 0.29) is 11.0 Å². The zero-order valence-corrected chi connectivity index (χ0v) is 7.76. The van der Waals surface area contributed by atoms with Crippen LogP contribution in [-0.4, -0.2) is 21.9 Å². The fourth-order valence-electron chi connectivity index (χ4n) is 1.31. The highest BCUT2D eigenvalue weighted by Gasteiger charge is 2.34. The maximum Gasteiger partial charge on any atom is 0.306 e. The van der Waals surface area contributed by atoms with E-state index in [1.165, 1.54) is 18.7 Å². The van der Waals surface area contributed by atoms with E-state index in [4.69, 9.17) is 5.11 Å². The lowest BCUT2D eigenvalue weighted by Crippen LogP contribution is -2.31. The molecule has 1 fully saturated rings. The van der Waals surface area contributed by atoms with E-state index in [1.807, 2.05) is 0 Å². The first-order chi connectivity index (χ1) is 5.59. The summed E-state index contributed by atoms with van der Waals surface area (Å²) >= 11 is 1.30. The number of rotatable bonds is 3. The van der Waals surface area contributed by atoms with Crippen molar-refractivity contribution in [3.63, 3.8) is 0 Å². The van der Waals surface area contributed by atoms with E-state index in [0.29, 0.717) is 5.92 Å². The van der Waals surface area contributed by atoms with E-state index >= 15 is 0 Å². The highest BCUT2D eigenvalue weighted by Crippen LogP contribution is 2.35. The molecule has 0 amide bonds. The van der Waals surface area contributed by atoms with Gasteiger partial charge in [0.15, 0.2) is 5.12 Å². The smallest absolute Gasteiger partial charge is 0.306 e. The van der Waals surface area contributed by atoms with Crippen molar-refractivity contribution in [2.24, 2.45) is 11.8 Å². The largest absolute Gasteiger partial charge is 0.481 e. The highest BCUT2D eigenvalue weighted by molar-refractivity contribution is 8.13. The third kappa shape index (κ3) is 2.52. The number of aliphatic carboxylic acids is 1. The summed E-state index contributed by atoms with van der Waals surface area (Å²) in [6, 6.07) is 0. The van der Waals surface area contributed by atoms with E-state index < -0.39 is 5.97 Å². The molecule has 0 aromatic heterocycles. The Morgan fingerprint density at radius 3 is 2.50 bits per heavy atom. The summed E-state index contributed by atoms with van der Waals surface area (Å²) < 4.78 is 0. The van der Waals surface area contributed by atoms with E-state index in [9.17, 15) is 9.59 Å². The van der Waals surface area contributed by atoms with Crippen LogP contribution in [0.15, 0.2) is 0 Å².